The molecule has 19 heavy (non-hydrogen) atoms. The van der Waals surface area contributed by atoms with Gasteiger partial charge in [0.1, 0.15) is 0 Å². The Kier molecular flexibility index (Phi) is 17.6. The highest BCUT2D eigenvalue weighted by atomic mass is 16.3. The quantitative estimate of drug-likeness (QED) is 0.589. The number of nitrogens with zero attached hydrogens (tertiary/aromatic N) is 3. The van der Waals surface area contributed by atoms with Crippen LogP contribution in [-0.2, 0) is 0 Å². The molecule has 0 fully saturated rings. The summed E-state index contributed by atoms with van der Waals surface area (Å²) in [6.07, 6.45) is 1.21. The fourth-order valence-corrected chi connectivity index (χ4v) is 1.45. The maximum absolute atomic E-state index is 8.65. The zero-order valence-corrected chi connectivity index (χ0v) is 13.9. The average Bonchev–Trinajstić information content (AvgIpc) is 2.35. The molecular formula is C14H36N4O. The summed E-state index contributed by atoms with van der Waals surface area (Å²) >= 11 is 0. The average molecular weight is 276 g/mol. The zero-order valence-electron chi connectivity index (χ0n) is 13.9. The van der Waals surface area contributed by atoms with Crippen LogP contribution < -0.4 is 5.32 Å². The highest BCUT2D eigenvalue weighted by molar-refractivity contribution is 4.55. The number of aliphatic hydroxyl groups is 1. The number of rotatable bonds is 10. The smallest absolute Gasteiger partial charge is 0.0558 e. The van der Waals surface area contributed by atoms with Crippen LogP contribution in [0.1, 0.15) is 13.3 Å². The first kappa shape index (κ1) is 21.1. The lowest BCUT2D eigenvalue weighted by atomic mass is 10.4. The number of hydrogen-bond acceptors (Lipinski definition) is 5. The van der Waals surface area contributed by atoms with E-state index in [-0.39, 0.29) is 6.61 Å². The van der Waals surface area contributed by atoms with Gasteiger partial charge in [0.05, 0.1) is 6.61 Å². The highest BCUT2D eigenvalue weighted by Crippen LogP contribution is 1.88. The van der Waals surface area contributed by atoms with Crippen molar-refractivity contribution < 1.29 is 5.11 Å². The molecule has 0 saturated heterocycles. The Morgan fingerprint density at radius 1 is 0.842 bits per heavy atom. The van der Waals surface area contributed by atoms with Gasteiger partial charge in [0.2, 0.25) is 0 Å². The molecule has 5 nitrogen and oxygen atoms in total. The zero-order chi connectivity index (χ0) is 15.1. The van der Waals surface area contributed by atoms with Crippen molar-refractivity contribution in [1.29, 1.82) is 0 Å². The second kappa shape index (κ2) is 15.9. The molecule has 0 aromatic carbocycles. The first-order chi connectivity index (χ1) is 8.97. The fraction of sp³-hybridized carbons (Fsp3) is 1.00. The Morgan fingerprint density at radius 3 is 1.68 bits per heavy atom. The minimum atomic E-state index is 0.258. The van der Waals surface area contributed by atoms with Gasteiger partial charge in [-0.2, -0.15) is 0 Å². The lowest BCUT2D eigenvalue weighted by Crippen LogP contribution is -2.32. The van der Waals surface area contributed by atoms with E-state index in [2.05, 4.69) is 48.1 Å². The van der Waals surface area contributed by atoms with Gasteiger partial charge in [-0.3, -0.25) is 0 Å². The van der Waals surface area contributed by atoms with Gasteiger partial charge in [0, 0.05) is 32.7 Å². The third-order valence-electron chi connectivity index (χ3n) is 2.76. The number of likely N-dealkylation sites (N-methyl/N-ethyl adjacent to an activating group) is 4. The predicted octanol–water partition coefficient (Wildman–Crippen LogP) is 0.0197. The van der Waals surface area contributed by atoms with Gasteiger partial charge in [0.15, 0.2) is 0 Å². The van der Waals surface area contributed by atoms with Crippen molar-refractivity contribution in [3.8, 4) is 0 Å². The number of nitrogens with one attached hydrogen (secondary N) is 1. The predicted molar refractivity (Wildman–Crippen MR) is 84.9 cm³/mol. The van der Waals surface area contributed by atoms with Crippen LogP contribution >= 0.6 is 0 Å². The number of hydrogen-bond donors (Lipinski definition) is 2. The van der Waals surface area contributed by atoms with Gasteiger partial charge in [-0.1, -0.05) is 6.92 Å². The molecule has 0 aliphatic heterocycles. The van der Waals surface area contributed by atoms with Gasteiger partial charge in [0.25, 0.3) is 0 Å². The van der Waals surface area contributed by atoms with Crippen molar-refractivity contribution in [2.75, 3.05) is 81.1 Å². The molecular weight excluding hydrogens is 240 g/mol. The van der Waals surface area contributed by atoms with Crippen LogP contribution in [0.5, 0.6) is 0 Å². The van der Waals surface area contributed by atoms with Gasteiger partial charge >= 0.3 is 0 Å². The second-order valence-electron chi connectivity index (χ2n) is 5.24. The minimum absolute atomic E-state index is 0.258. The highest BCUT2D eigenvalue weighted by Gasteiger charge is 1.99. The third kappa shape index (κ3) is 20.3. The summed E-state index contributed by atoms with van der Waals surface area (Å²) in [4.78, 5) is 6.61. The summed E-state index contributed by atoms with van der Waals surface area (Å²) in [7, 11) is 10.3. The van der Waals surface area contributed by atoms with E-state index in [1.165, 1.54) is 6.42 Å². The van der Waals surface area contributed by atoms with E-state index in [9.17, 15) is 0 Å². The van der Waals surface area contributed by atoms with Crippen LogP contribution in [0.2, 0.25) is 0 Å². The molecule has 0 unspecified atom stereocenters. The molecule has 0 aliphatic carbocycles. The molecule has 118 valence electrons. The van der Waals surface area contributed by atoms with E-state index in [4.69, 9.17) is 5.11 Å². The molecule has 0 aromatic rings. The number of aliphatic hydroxyl groups excluding tert-OH is 1. The first-order valence-electron chi connectivity index (χ1n) is 7.25. The molecule has 0 heterocycles. The SMILES string of the molecule is CCCN(C)CCN(C)CCO.CNCCN(C)C. The standard InChI is InChI=1S/C9H22N2O.C5H14N2/c1-4-5-10(2)6-7-11(3)8-9-12;1-6-4-5-7(2)3/h12H,4-9H2,1-3H3;6H,4-5H2,1-3H3. The minimum Gasteiger partial charge on any atom is -0.395 e. The van der Waals surface area contributed by atoms with E-state index in [1.54, 1.807) is 0 Å². The normalized spacial score (nSPS) is 11.1. The van der Waals surface area contributed by atoms with Gasteiger partial charge in [-0.15, -0.1) is 0 Å². The van der Waals surface area contributed by atoms with E-state index >= 15 is 0 Å². The van der Waals surface area contributed by atoms with Crippen LogP contribution in [0.3, 0.4) is 0 Å². The lowest BCUT2D eigenvalue weighted by molar-refractivity contribution is 0.202. The monoisotopic (exact) mass is 276 g/mol. The summed E-state index contributed by atoms with van der Waals surface area (Å²) in [5, 5.41) is 11.7. The molecule has 0 radical (unpaired) electrons. The molecule has 0 bridgehead atoms. The Bertz CT molecular complexity index is 156. The van der Waals surface area contributed by atoms with Gasteiger partial charge in [-0.25, -0.2) is 0 Å². The summed E-state index contributed by atoms with van der Waals surface area (Å²) in [5.41, 5.74) is 0. The van der Waals surface area contributed by atoms with E-state index in [1.807, 2.05) is 14.1 Å². The molecule has 0 amide bonds. The molecule has 0 atom stereocenters. The topological polar surface area (TPSA) is 42.0 Å². The maximum atomic E-state index is 8.65. The van der Waals surface area contributed by atoms with Crippen LogP contribution in [0, 0.1) is 0 Å². The maximum Gasteiger partial charge on any atom is 0.0558 e. The summed E-state index contributed by atoms with van der Waals surface area (Å²) in [5.74, 6) is 0. The van der Waals surface area contributed by atoms with Crippen molar-refractivity contribution in [3.63, 3.8) is 0 Å². The molecule has 0 aliphatic rings. The van der Waals surface area contributed by atoms with Gasteiger partial charge in [-0.05, 0) is 48.2 Å². The van der Waals surface area contributed by atoms with Crippen LogP contribution in [0.15, 0.2) is 0 Å². The van der Waals surface area contributed by atoms with Crippen molar-refractivity contribution in [2.24, 2.45) is 0 Å². The Labute approximate surface area is 120 Å². The van der Waals surface area contributed by atoms with E-state index < -0.39 is 0 Å². The third-order valence-corrected chi connectivity index (χ3v) is 2.76. The van der Waals surface area contributed by atoms with Crippen molar-refractivity contribution in [2.45, 2.75) is 13.3 Å². The van der Waals surface area contributed by atoms with Crippen LogP contribution in [0.4, 0.5) is 0 Å². The lowest BCUT2D eigenvalue weighted by Gasteiger charge is -2.20. The largest absolute Gasteiger partial charge is 0.395 e. The van der Waals surface area contributed by atoms with Crippen LogP contribution in [-0.4, -0.2) is 101 Å². The van der Waals surface area contributed by atoms with Crippen LogP contribution in [0.25, 0.3) is 0 Å². The Morgan fingerprint density at radius 2 is 1.37 bits per heavy atom. The summed E-state index contributed by atoms with van der Waals surface area (Å²) in [6, 6.07) is 0. The van der Waals surface area contributed by atoms with Crippen molar-refractivity contribution in [3.05, 3.63) is 0 Å². The summed E-state index contributed by atoms with van der Waals surface area (Å²) in [6.45, 7) is 8.71. The molecule has 0 aromatic heterocycles. The van der Waals surface area contributed by atoms with Crippen molar-refractivity contribution in [1.82, 2.24) is 20.0 Å². The van der Waals surface area contributed by atoms with E-state index in [0.717, 1.165) is 39.3 Å². The fourth-order valence-electron chi connectivity index (χ4n) is 1.45. The molecule has 2 N–H and O–H groups in total. The Balaban J connectivity index is 0. The molecule has 5 heteroatoms. The van der Waals surface area contributed by atoms with Crippen molar-refractivity contribution >= 4 is 0 Å². The molecule has 0 spiro atoms. The molecule has 0 saturated carbocycles. The second-order valence-corrected chi connectivity index (χ2v) is 5.24. The molecule has 0 rings (SSSR count). The first-order valence-corrected chi connectivity index (χ1v) is 7.25. The summed E-state index contributed by atoms with van der Waals surface area (Å²) < 4.78 is 0. The van der Waals surface area contributed by atoms with Gasteiger partial charge < -0.3 is 25.1 Å². The van der Waals surface area contributed by atoms with E-state index in [0.29, 0.717) is 0 Å². The Hall–Kier alpha value is -0.200.